The van der Waals surface area contributed by atoms with Crippen molar-refractivity contribution in [3.63, 3.8) is 0 Å². The molecule has 0 spiro atoms. The molecule has 0 radical (unpaired) electrons. The molecule has 34 heavy (non-hydrogen) atoms. The number of nitrogens with one attached hydrogen (secondary N) is 2. The van der Waals surface area contributed by atoms with E-state index in [2.05, 4.69) is 27.8 Å². The molecule has 0 unspecified atom stereocenters. The summed E-state index contributed by atoms with van der Waals surface area (Å²) in [4.78, 5) is 40.6. The Morgan fingerprint density at radius 3 is 2.29 bits per heavy atom. The molecule has 0 fully saturated rings. The number of amides is 2. The van der Waals surface area contributed by atoms with E-state index in [1.54, 1.807) is 13.8 Å². The zero-order valence-electron chi connectivity index (χ0n) is 18.8. The number of nitrogens with zero attached hydrogens (tertiary/aromatic N) is 1. The fraction of sp³-hybridized carbons (Fsp3) is 0.280. The number of fused-ring (bicyclic) bond motifs is 3. The molecule has 2 amide bonds. The van der Waals surface area contributed by atoms with E-state index < -0.39 is 24.0 Å². The standard InChI is InChI=1S/C25H25N3O5S/c1-3-15(12-21(29)30)27-23(31)22-14(2)26-24(34-22)28-25(32)33-13-20-18-10-6-4-8-16(18)17-9-5-7-11-19(17)20/h4-11,15,20H,3,12-13H2,1-2H3,(H,27,31)(H,29,30)(H,26,28,32)/t15-/m0/s1. The van der Waals surface area contributed by atoms with Gasteiger partial charge in [0.05, 0.1) is 12.1 Å². The Balaban J connectivity index is 1.39. The highest BCUT2D eigenvalue weighted by molar-refractivity contribution is 7.17. The monoisotopic (exact) mass is 479 g/mol. The summed E-state index contributed by atoms with van der Waals surface area (Å²) in [5.74, 6) is -1.45. The van der Waals surface area contributed by atoms with Crippen LogP contribution in [0.2, 0.25) is 0 Å². The minimum absolute atomic E-state index is 0.0577. The van der Waals surface area contributed by atoms with Crippen molar-refractivity contribution in [2.24, 2.45) is 0 Å². The summed E-state index contributed by atoms with van der Waals surface area (Å²) < 4.78 is 5.53. The van der Waals surface area contributed by atoms with Crippen LogP contribution in [-0.4, -0.2) is 40.7 Å². The maximum absolute atomic E-state index is 12.6. The number of anilines is 1. The summed E-state index contributed by atoms with van der Waals surface area (Å²) in [5, 5.41) is 14.5. The van der Waals surface area contributed by atoms with E-state index in [0.29, 0.717) is 17.0 Å². The first-order valence-electron chi connectivity index (χ1n) is 11.0. The normalized spacial score (nSPS) is 13.0. The van der Waals surface area contributed by atoms with E-state index in [1.165, 1.54) is 0 Å². The minimum Gasteiger partial charge on any atom is -0.481 e. The number of carboxylic acids is 1. The van der Waals surface area contributed by atoms with E-state index in [4.69, 9.17) is 9.84 Å². The largest absolute Gasteiger partial charge is 0.481 e. The van der Waals surface area contributed by atoms with E-state index in [0.717, 1.165) is 33.6 Å². The molecule has 0 aliphatic heterocycles. The molecule has 3 aromatic rings. The SMILES string of the molecule is CC[C@@H](CC(=O)O)NC(=O)c1sc(NC(=O)OCC2c3ccccc3-c3ccccc32)nc1C. The van der Waals surface area contributed by atoms with Crippen LogP contribution in [0.25, 0.3) is 11.1 Å². The van der Waals surface area contributed by atoms with E-state index in [-0.39, 0.29) is 24.1 Å². The third-order valence-electron chi connectivity index (χ3n) is 5.80. The van der Waals surface area contributed by atoms with Gasteiger partial charge in [0.15, 0.2) is 5.13 Å². The van der Waals surface area contributed by atoms with Gasteiger partial charge in [-0.2, -0.15) is 0 Å². The summed E-state index contributed by atoms with van der Waals surface area (Å²) in [6.07, 6.45) is -0.328. The van der Waals surface area contributed by atoms with E-state index in [1.807, 2.05) is 36.4 Å². The molecule has 1 aliphatic carbocycles. The van der Waals surface area contributed by atoms with Crippen molar-refractivity contribution < 1.29 is 24.2 Å². The Bertz CT molecular complexity index is 1190. The molecule has 9 heteroatoms. The lowest BCUT2D eigenvalue weighted by molar-refractivity contribution is -0.137. The van der Waals surface area contributed by atoms with Gasteiger partial charge in [0.2, 0.25) is 0 Å². The lowest BCUT2D eigenvalue weighted by Gasteiger charge is -2.14. The van der Waals surface area contributed by atoms with Crippen LogP contribution < -0.4 is 10.6 Å². The Morgan fingerprint density at radius 1 is 1.09 bits per heavy atom. The predicted molar refractivity (Wildman–Crippen MR) is 129 cm³/mol. The van der Waals surface area contributed by atoms with Gasteiger partial charge in [-0.05, 0) is 35.6 Å². The van der Waals surface area contributed by atoms with Gasteiger partial charge < -0.3 is 15.2 Å². The van der Waals surface area contributed by atoms with Gasteiger partial charge >= 0.3 is 12.1 Å². The first kappa shape index (κ1) is 23.4. The highest BCUT2D eigenvalue weighted by Gasteiger charge is 2.29. The Kier molecular flexibility index (Phi) is 6.93. The Hall–Kier alpha value is -3.72. The van der Waals surface area contributed by atoms with E-state index in [9.17, 15) is 14.4 Å². The highest BCUT2D eigenvalue weighted by atomic mass is 32.1. The lowest BCUT2D eigenvalue weighted by Crippen LogP contribution is -2.35. The highest BCUT2D eigenvalue weighted by Crippen LogP contribution is 2.44. The molecule has 1 aromatic heterocycles. The molecular formula is C25H25N3O5S. The van der Waals surface area contributed by atoms with Crippen LogP contribution in [-0.2, 0) is 9.53 Å². The number of hydrogen-bond acceptors (Lipinski definition) is 6. The number of hydrogen-bond donors (Lipinski definition) is 3. The fourth-order valence-electron chi connectivity index (χ4n) is 4.14. The molecule has 0 saturated carbocycles. The maximum Gasteiger partial charge on any atom is 0.413 e. The molecule has 1 atom stereocenters. The number of aliphatic carboxylic acids is 1. The summed E-state index contributed by atoms with van der Waals surface area (Å²) in [6, 6.07) is 15.7. The zero-order chi connectivity index (χ0) is 24.2. The topological polar surface area (TPSA) is 118 Å². The van der Waals surface area contributed by atoms with Gasteiger partial charge in [-0.15, -0.1) is 0 Å². The van der Waals surface area contributed by atoms with Crippen LogP contribution in [0, 0.1) is 6.92 Å². The number of rotatable bonds is 8. The van der Waals surface area contributed by atoms with Crippen molar-refractivity contribution in [2.75, 3.05) is 11.9 Å². The maximum atomic E-state index is 12.6. The van der Waals surface area contributed by atoms with Crippen LogP contribution in [0.4, 0.5) is 9.93 Å². The molecule has 0 bridgehead atoms. The summed E-state index contributed by atoms with van der Waals surface area (Å²) in [6.45, 7) is 3.63. The van der Waals surface area contributed by atoms with Gasteiger partial charge in [-0.25, -0.2) is 9.78 Å². The summed E-state index contributed by atoms with van der Waals surface area (Å²) in [7, 11) is 0. The minimum atomic E-state index is -0.981. The quantitative estimate of drug-likeness (QED) is 0.427. The van der Waals surface area contributed by atoms with E-state index >= 15 is 0 Å². The molecule has 1 aliphatic rings. The molecule has 3 N–H and O–H groups in total. The second kappa shape index (κ2) is 10.0. The van der Waals surface area contributed by atoms with Gasteiger partial charge in [0.25, 0.3) is 5.91 Å². The number of carbonyl (C=O) groups excluding carboxylic acids is 2. The zero-order valence-corrected chi connectivity index (χ0v) is 19.6. The Labute approximate surface area is 201 Å². The number of aryl methyl sites for hydroxylation is 1. The van der Waals surface area contributed by atoms with Gasteiger partial charge in [-0.3, -0.25) is 14.9 Å². The smallest absolute Gasteiger partial charge is 0.413 e. The number of ether oxygens (including phenoxy) is 1. The van der Waals surface area contributed by atoms with Crippen molar-refractivity contribution in [1.82, 2.24) is 10.3 Å². The Morgan fingerprint density at radius 2 is 1.71 bits per heavy atom. The van der Waals surface area contributed by atoms with Gasteiger partial charge in [-0.1, -0.05) is 66.8 Å². The third kappa shape index (κ3) is 4.94. The molecule has 176 valence electrons. The van der Waals surface area contributed by atoms with Crippen LogP contribution in [0.5, 0.6) is 0 Å². The first-order valence-corrected chi connectivity index (χ1v) is 11.8. The van der Waals surface area contributed by atoms with Crippen molar-refractivity contribution in [3.05, 3.63) is 70.2 Å². The van der Waals surface area contributed by atoms with Gasteiger partial charge in [0.1, 0.15) is 11.5 Å². The molecule has 0 saturated heterocycles. The molecule has 4 rings (SSSR count). The van der Waals surface area contributed by atoms with Crippen molar-refractivity contribution in [2.45, 2.75) is 38.6 Å². The number of carboxylic acid groups (broad SMARTS) is 1. The summed E-state index contributed by atoms with van der Waals surface area (Å²) >= 11 is 1.02. The lowest BCUT2D eigenvalue weighted by atomic mass is 9.98. The number of carbonyl (C=O) groups is 3. The molecule has 2 aromatic carbocycles. The van der Waals surface area contributed by atoms with Gasteiger partial charge in [0, 0.05) is 12.0 Å². The fourth-order valence-corrected chi connectivity index (χ4v) is 5.00. The van der Waals surface area contributed by atoms with Crippen LogP contribution in [0.1, 0.15) is 52.2 Å². The van der Waals surface area contributed by atoms with Crippen molar-refractivity contribution >= 4 is 34.4 Å². The van der Waals surface area contributed by atoms with Crippen LogP contribution in [0.15, 0.2) is 48.5 Å². The van der Waals surface area contributed by atoms with Crippen molar-refractivity contribution in [3.8, 4) is 11.1 Å². The van der Waals surface area contributed by atoms with Crippen LogP contribution >= 0.6 is 11.3 Å². The second-order valence-corrected chi connectivity index (χ2v) is 9.06. The number of aromatic nitrogens is 1. The second-order valence-electron chi connectivity index (χ2n) is 8.06. The third-order valence-corrected chi connectivity index (χ3v) is 6.88. The average molecular weight is 480 g/mol. The predicted octanol–water partition coefficient (Wildman–Crippen LogP) is 4.80. The number of benzene rings is 2. The average Bonchev–Trinajstić information content (AvgIpc) is 3.34. The molecular weight excluding hydrogens is 454 g/mol. The summed E-state index contributed by atoms with van der Waals surface area (Å²) in [5.41, 5.74) is 4.97. The number of thiazole rings is 1. The van der Waals surface area contributed by atoms with Crippen molar-refractivity contribution in [1.29, 1.82) is 0 Å². The molecule has 1 heterocycles. The van der Waals surface area contributed by atoms with Crippen LogP contribution in [0.3, 0.4) is 0 Å². The molecule has 8 nitrogen and oxygen atoms in total. The first-order chi connectivity index (χ1) is 16.4.